The number of carbonyl (C=O) groups is 1. The summed E-state index contributed by atoms with van der Waals surface area (Å²) < 4.78 is 4.90. The Morgan fingerprint density at radius 3 is 2.54 bits per heavy atom. The van der Waals surface area contributed by atoms with Crippen molar-refractivity contribution in [3.8, 4) is 0 Å². The van der Waals surface area contributed by atoms with Gasteiger partial charge in [-0.1, -0.05) is 43.6 Å². The summed E-state index contributed by atoms with van der Waals surface area (Å²) in [5.74, 6) is -0.465. The number of ether oxygens (including phenoxy) is 1. The number of aromatic nitrogens is 1. The molecule has 0 radical (unpaired) electrons. The van der Waals surface area contributed by atoms with E-state index in [0.29, 0.717) is 5.56 Å². The predicted molar refractivity (Wildman–Crippen MR) is 98.9 cm³/mol. The fourth-order valence-electron chi connectivity index (χ4n) is 2.90. The number of hydrogen-bond donors (Lipinski definition) is 1. The molecule has 2 heterocycles. The smallest absolute Gasteiger partial charge is 0.343 e. The number of pyridine rings is 1. The third-order valence-electron chi connectivity index (χ3n) is 4.07. The highest BCUT2D eigenvalue weighted by molar-refractivity contribution is 6.34. The van der Waals surface area contributed by atoms with E-state index >= 15 is 0 Å². The molecule has 130 valence electrons. The van der Waals surface area contributed by atoms with Crippen LogP contribution in [0.15, 0.2) is 24.3 Å². The van der Waals surface area contributed by atoms with Crippen molar-refractivity contribution < 1.29 is 9.53 Å². The van der Waals surface area contributed by atoms with E-state index in [1.165, 1.54) is 7.11 Å². The number of nitrogens with two attached hydrogens (primary N) is 1. The van der Waals surface area contributed by atoms with E-state index in [1.54, 1.807) is 0 Å². The summed E-state index contributed by atoms with van der Waals surface area (Å²) in [5.41, 5.74) is 7.89. The van der Waals surface area contributed by atoms with Gasteiger partial charge in [-0.15, -0.1) is 0 Å². The van der Waals surface area contributed by atoms with Crippen LogP contribution in [0.5, 0.6) is 0 Å². The number of piperidine rings is 1. The topological polar surface area (TPSA) is 68.5 Å². The Bertz CT molecular complexity index is 713. The van der Waals surface area contributed by atoms with E-state index in [9.17, 15) is 4.79 Å². The van der Waals surface area contributed by atoms with Crippen molar-refractivity contribution in [2.75, 3.05) is 25.1 Å². The van der Waals surface area contributed by atoms with E-state index < -0.39 is 5.97 Å². The first-order valence-corrected chi connectivity index (χ1v) is 8.66. The van der Waals surface area contributed by atoms with Crippen molar-refractivity contribution in [3.63, 3.8) is 0 Å². The third-order valence-corrected chi connectivity index (χ3v) is 4.34. The number of benzene rings is 1. The summed E-state index contributed by atoms with van der Waals surface area (Å²) in [5, 5.41) is 1.08. The van der Waals surface area contributed by atoms with Crippen LogP contribution in [-0.2, 0) is 4.74 Å². The maximum absolute atomic E-state index is 12.2. The van der Waals surface area contributed by atoms with Crippen LogP contribution in [0.4, 0.5) is 5.69 Å². The molecule has 0 amide bonds. The zero-order chi connectivity index (χ0) is 17.7. The second-order valence-corrected chi connectivity index (χ2v) is 5.82. The summed E-state index contributed by atoms with van der Waals surface area (Å²) in [4.78, 5) is 18.7. The van der Waals surface area contributed by atoms with Crippen molar-refractivity contribution >= 4 is 34.2 Å². The summed E-state index contributed by atoms with van der Waals surface area (Å²) in [6.45, 7) is 5.57. The molecule has 1 aliphatic rings. The molecule has 1 aromatic carbocycles. The van der Waals surface area contributed by atoms with Crippen molar-refractivity contribution in [1.29, 1.82) is 0 Å². The zero-order valence-corrected chi connectivity index (χ0v) is 15.1. The van der Waals surface area contributed by atoms with Gasteiger partial charge in [-0.2, -0.15) is 0 Å². The molecule has 0 saturated carbocycles. The van der Waals surface area contributed by atoms with Gasteiger partial charge in [-0.25, -0.2) is 9.78 Å². The Morgan fingerprint density at radius 2 is 1.92 bits per heavy atom. The highest BCUT2D eigenvalue weighted by Crippen LogP contribution is 2.35. The lowest BCUT2D eigenvalue weighted by molar-refractivity contribution is 0.0601. The molecule has 0 atom stereocenters. The maximum Gasteiger partial charge on any atom is 0.343 e. The fraction of sp³-hybridized carbons (Fsp3) is 0.444. The minimum Gasteiger partial charge on any atom is -0.465 e. The van der Waals surface area contributed by atoms with Crippen LogP contribution >= 0.6 is 11.6 Å². The van der Waals surface area contributed by atoms with Gasteiger partial charge >= 0.3 is 5.97 Å². The Balaban J connectivity index is 0.00000100. The van der Waals surface area contributed by atoms with Gasteiger partial charge in [0.15, 0.2) is 0 Å². The molecule has 2 N–H and O–H groups in total. The number of carbonyl (C=O) groups excluding carboxylic acids is 1. The van der Waals surface area contributed by atoms with Gasteiger partial charge in [0.2, 0.25) is 0 Å². The van der Waals surface area contributed by atoms with E-state index in [4.69, 9.17) is 22.1 Å². The number of methoxy groups -OCH3 is 1. The molecule has 1 aromatic heterocycles. The van der Waals surface area contributed by atoms with Crippen LogP contribution in [0.25, 0.3) is 10.9 Å². The Hall–Kier alpha value is -1.85. The molecular weight excluding hydrogens is 326 g/mol. The van der Waals surface area contributed by atoms with Crippen LogP contribution in [-0.4, -0.2) is 37.2 Å². The fourth-order valence-corrected chi connectivity index (χ4v) is 3.16. The highest BCUT2D eigenvalue weighted by Gasteiger charge is 2.27. The Kier molecular flexibility index (Phi) is 6.40. The number of rotatable bonds is 2. The molecule has 1 aliphatic heterocycles. The summed E-state index contributed by atoms with van der Waals surface area (Å²) >= 11 is 6.27. The molecule has 6 heteroatoms. The minimum absolute atomic E-state index is 0.176. The Morgan fingerprint density at radius 1 is 1.29 bits per heavy atom. The van der Waals surface area contributed by atoms with Gasteiger partial charge in [-0.3, -0.25) is 0 Å². The lowest BCUT2D eigenvalue weighted by Crippen LogP contribution is -2.40. The van der Waals surface area contributed by atoms with Crippen molar-refractivity contribution in [2.24, 2.45) is 5.73 Å². The van der Waals surface area contributed by atoms with Crippen LogP contribution in [0, 0.1) is 0 Å². The van der Waals surface area contributed by atoms with E-state index in [2.05, 4.69) is 9.88 Å². The maximum atomic E-state index is 12.2. The average molecular weight is 350 g/mol. The van der Waals surface area contributed by atoms with Crippen LogP contribution in [0.3, 0.4) is 0 Å². The SMILES string of the molecule is CC.COC(=O)c1c(Cl)nc2ccccc2c1N1CCC(N)CC1. The summed E-state index contributed by atoms with van der Waals surface area (Å²) in [6, 6.07) is 7.88. The number of nitrogens with zero attached hydrogens (tertiary/aromatic N) is 2. The minimum atomic E-state index is -0.465. The van der Waals surface area contributed by atoms with E-state index in [0.717, 1.165) is 42.5 Å². The molecule has 5 nitrogen and oxygen atoms in total. The molecule has 0 spiro atoms. The molecule has 0 unspecified atom stereocenters. The molecule has 1 fully saturated rings. The van der Waals surface area contributed by atoms with Gasteiger partial charge < -0.3 is 15.4 Å². The lowest BCUT2D eigenvalue weighted by Gasteiger charge is -2.33. The first-order valence-electron chi connectivity index (χ1n) is 8.29. The van der Waals surface area contributed by atoms with Crippen molar-refractivity contribution in [3.05, 3.63) is 35.0 Å². The normalized spacial score (nSPS) is 15.0. The zero-order valence-electron chi connectivity index (χ0n) is 14.4. The quantitative estimate of drug-likeness (QED) is 0.662. The first-order chi connectivity index (χ1) is 11.6. The lowest BCUT2D eigenvalue weighted by atomic mass is 10.0. The number of fused-ring (bicyclic) bond motifs is 1. The number of hydrogen-bond acceptors (Lipinski definition) is 5. The number of esters is 1. The molecule has 3 rings (SSSR count). The van der Waals surface area contributed by atoms with Gasteiger partial charge in [0.25, 0.3) is 0 Å². The molecule has 1 saturated heterocycles. The molecule has 24 heavy (non-hydrogen) atoms. The Labute approximate surface area is 147 Å². The largest absolute Gasteiger partial charge is 0.465 e. The summed E-state index contributed by atoms with van der Waals surface area (Å²) in [7, 11) is 1.35. The average Bonchev–Trinajstić information content (AvgIpc) is 2.62. The summed E-state index contributed by atoms with van der Waals surface area (Å²) in [6.07, 6.45) is 1.77. The molecular formula is C18H24ClN3O2. The number of halogens is 1. The second kappa shape index (κ2) is 8.31. The second-order valence-electron chi connectivity index (χ2n) is 5.46. The number of para-hydroxylation sites is 1. The van der Waals surface area contributed by atoms with Gasteiger partial charge in [0.1, 0.15) is 10.7 Å². The third kappa shape index (κ3) is 3.62. The van der Waals surface area contributed by atoms with Crippen LogP contribution in [0.1, 0.15) is 37.0 Å². The van der Waals surface area contributed by atoms with Crippen molar-refractivity contribution in [2.45, 2.75) is 32.7 Å². The molecule has 0 aliphatic carbocycles. The molecule has 2 aromatic rings. The van der Waals surface area contributed by atoms with E-state index in [-0.39, 0.29) is 11.2 Å². The van der Waals surface area contributed by atoms with E-state index in [1.807, 2.05) is 38.1 Å². The highest BCUT2D eigenvalue weighted by atomic mass is 35.5. The number of anilines is 1. The monoisotopic (exact) mass is 349 g/mol. The van der Waals surface area contributed by atoms with Gasteiger partial charge in [0.05, 0.1) is 18.3 Å². The van der Waals surface area contributed by atoms with Crippen LogP contribution < -0.4 is 10.6 Å². The van der Waals surface area contributed by atoms with Crippen LogP contribution in [0.2, 0.25) is 5.15 Å². The van der Waals surface area contributed by atoms with Gasteiger partial charge in [-0.05, 0) is 18.9 Å². The first kappa shape index (κ1) is 18.5. The standard InChI is InChI=1S/C16H18ClN3O2.C2H6/c1-22-16(21)13-14(20-8-6-10(18)7-9-20)11-4-2-3-5-12(11)19-15(13)17;1-2/h2-5,10H,6-9,18H2,1H3;1-2H3. The van der Waals surface area contributed by atoms with Gasteiger partial charge in [0, 0.05) is 24.5 Å². The predicted octanol–water partition coefficient (Wildman–Crippen LogP) is 3.63. The van der Waals surface area contributed by atoms with Crippen molar-refractivity contribution in [1.82, 2.24) is 4.98 Å². The molecule has 0 bridgehead atoms.